The van der Waals surface area contributed by atoms with Gasteiger partial charge in [-0.15, -0.1) is 0 Å². The number of hydrogen-bond donors (Lipinski definition) is 0. The number of carbonyl (C=O) groups is 2. The van der Waals surface area contributed by atoms with E-state index < -0.39 is 5.72 Å². The summed E-state index contributed by atoms with van der Waals surface area (Å²) in [5.41, 5.74) is 0.727. The van der Waals surface area contributed by atoms with E-state index in [1.165, 1.54) is 0 Å². The number of benzene rings is 1. The largest absolute Gasteiger partial charge is 0.356 e. The van der Waals surface area contributed by atoms with Gasteiger partial charge in [0.15, 0.2) is 11.3 Å². The quantitative estimate of drug-likeness (QED) is 0.823. The maximum absolute atomic E-state index is 12.9. The third kappa shape index (κ3) is 2.05. The predicted molar refractivity (Wildman–Crippen MR) is 87.5 cm³/mol. The van der Waals surface area contributed by atoms with Crippen molar-refractivity contribution in [1.29, 1.82) is 0 Å². The molecular formula is C18H19N3O4. The maximum Gasteiger partial charge on any atom is 0.229 e. The second-order valence-corrected chi connectivity index (χ2v) is 6.95. The Morgan fingerprint density at radius 1 is 1.32 bits per heavy atom. The number of rotatable bonds is 2. The van der Waals surface area contributed by atoms with Gasteiger partial charge >= 0.3 is 0 Å². The fraction of sp³-hybridized carbons (Fsp3) is 0.500. The number of nitrogens with zero attached hydrogens (tertiary/aromatic N) is 3. The Morgan fingerprint density at radius 2 is 2.20 bits per heavy atom. The lowest BCUT2D eigenvalue weighted by Gasteiger charge is -2.42. The molecule has 0 saturated carbocycles. The van der Waals surface area contributed by atoms with Gasteiger partial charge in [-0.25, -0.2) is 0 Å². The van der Waals surface area contributed by atoms with Crippen molar-refractivity contribution in [1.82, 2.24) is 15.0 Å². The van der Waals surface area contributed by atoms with Crippen molar-refractivity contribution in [2.45, 2.75) is 37.5 Å². The smallest absolute Gasteiger partial charge is 0.229 e. The van der Waals surface area contributed by atoms with Crippen LogP contribution >= 0.6 is 0 Å². The third-order valence-corrected chi connectivity index (χ3v) is 5.70. The molecule has 3 saturated heterocycles. The summed E-state index contributed by atoms with van der Waals surface area (Å²) in [6, 6.07) is 7.34. The standard InChI is InChI=1S/C18H19N3O4/c22-16(10-13-12-4-1-2-5-14(12)25-19-13)20-8-6-18-15(20)11-17(23)21(18)7-3-9-24-18/h1-2,4-5,15H,3,6-11H2/t15-,18+/m1/s1. The molecular weight excluding hydrogens is 322 g/mol. The van der Waals surface area contributed by atoms with E-state index in [0.717, 1.165) is 18.4 Å². The first-order valence-electron chi connectivity index (χ1n) is 8.76. The van der Waals surface area contributed by atoms with E-state index in [-0.39, 0.29) is 24.3 Å². The lowest BCUT2D eigenvalue weighted by Crippen LogP contribution is -2.56. The van der Waals surface area contributed by atoms with Gasteiger partial charge in [-0.3, -0.25) is 9.59 Å². The van der Waals surface area contributed by atoms with Crippen molar-refractivity contribution >= 4 is 22.8 Å². The van der Waals surface area contributed by atoms with Crippen LogP contribution in [-0.4, -0.2) is 58.2 Å². The van der Waals surface area contributed by atoms with Crippen LogP contribution in [-0.2, 0) is 20.7 Å². The highest BCUT2D eigenvalue weighted by atomic mass is 16.5. The van der Waals surface area contributed by atoms with Gasteiger partial charge in [0, 0.05) is 24.9 Å². The van der Waals surface area contributed by atoms with Gasteiger partial charge in [0.25, 0.3) is 0 Å². The summed E-state index contributed by atoms with van der Waals surface area (Å²) >= 11 is 0. The first-order valence-corrected chi connectivity index (χ1v) is 8.76. The van der Waals surface area contributed by atoms with Crippen LogP contribution in [0.1, 0.15) is 25.0 Å². The number of aromatic nitrogens is 1. The molecule has 0 N–H and O–H groups in total. The molecule has 0 bridgehead atoms. The average Bonchev–Trinajstić information content (AvgIpc) is 3.26. The highest BCUT2D eigenvalue weighted by molar-refractivity contribution is 5.88. The van der Waals surface area contributed by atoms with Crippen molar-refractivity contribution in [3.63, 3.8) is 0 Å². The lowest BCUT2D eigenvalue weighted by molar-refractivity contribution is -0.181. The number of para-hydroxylation sites is 1. The monoisotopic (exact) mass is 341 g/mol. The van der Waals surface area contributed by atoms with E-state index in [4.69, 9.17) is 9.26 Å². The molecule has 1 aromatic heterocycles. The van der Waals surface area contributed by atoms with Gasteiger partial charge in [-0.1, -0.05) is 17.3 Å². The maximum atomic E-state index is 12.9. The highest BCUT2D eigenvalue weighted by Gasteiger charge is 2.61. The molecule has 1 aromatic carbocycles. The van der Waals surface area contributed by atoms with Crippen molar-refractivity contribution in [3.05, 3.63) is 30.0 Å². The molecule has 0 aliphatic carbocycles. The molecule has 5 rings (SSSR count). The number of carbonyl (C=O) groups excluding carboxylic acids is 2. The zero-order valence-electron chi connectivity index (χ0n) is 13.8. The number of hydrogen-bond acceptors (Lipinski definition) is 5. The van der Waals surface area contributed by atoms with Crippen LogP contribution in [0.4, 0.5) is 0 Å². The molecule has 130 valence electrons. The SMILES string of the molecule is O=C(Cc1noc2ccccc12)N1CC[C@@]23OCCCN2C(=O)C[C@@H]13. The highest BCUT2D eigenvalue weighted by Crippen LogP contribution is 2.45. The minimum Gasteiger partial charge on any atom is -0.356 e. The zero-order chi connectivity index (χ0) is 17.0. The summed E-state index contributed by atoms with van der Waals surface area (Å²) in [6.07, 6.45) is 2.08. The lowest BCUT2D eigenvalue weighted by atomic mass is 10.0. The van der Waals surface area contributed by atoms with Crippen LogP contribution in [0, 0.1) is 0 Å². The second-order valence-electron chi connectivity index (χ2n) is 6.95. The Labute approximate surface area is 144 Å². The molecule has 7 nitrogen and oxygen atoms in total. The molecule has 3 aliphatic heterocycles. The van der Waals surface area contributed by atoms with Crippen LogP contribution in [0.25, 0.3) is 11.0 Å². The molecule has 2 atom stereocenters. The Balaban J connectivity index is 1.41. The normalized spacial score (nSPS) is 28.5. The summed E-state index contributed by atoms with van der Waals surface area (Å²) in [4.78, 5) is 29.0. The van der Waals surface area contributed by atoms with Crippen LogP contribution < -0.4 is 0 Å². The van der Waals surface area contributed by atoms with E-state index in [0.29, 0.717) is 37.3 Å². The summed E-state index contributed by atoms with van der Waals surface area (Å²) < 4.78 is 11.3. The topological polar surface area (TPSA) is 75.9 Å². The van der Waals surface area contributed by atoms with Crippen molar-refractivity contribution in [3.8, 4) is 0 Å². The first kappa shape index (κ1) is 14.9. The second kappa shape index (κ2) is 5.29. The number of amides is 2. The van der Waals surface area contributed by atoms with Crippen LogP contribution in [0.2, 0.25) is 0 Å². The van der Waals surface area contributed by atoms with E-state index in [9.17, 15) is 9.59 Å². The number of likely N-dealkylation sites (tertiary alicyclic amines) is 1. The molecule has 2 aromatic rings. The van der Waals surface area contributed by atoms with Crippen molar-refractivity contribution < 1.29 is 18.8 Å². The molecule has 0 unspecified atom stereocenters. The van der Waals surface area contributed by atoms with Crippen molar-refractivity contribution in [2.24, 2.45) is 0 Å². The van der Waals surface area contributed by atoms with Crippen LogP contribution in [0.15, 0.2) is 28.8 Å². The van der Waals surface area contributed by atoms with E-state index in [1.54, 1.807) is 0 Å². The summed E-state index contributed by atoms with van der Waals surface area (Å²) in [6.45, 7) is 1.99. The Bertz CT molecular complexity index is 863. The van der Waals surface area contributed by atoms with Gasteiger partial charge in [0.05, 0.1) is 25.5 Å². The molecule has 1 spiro atoms. The van der Waals surface area contributed by atoms with Gasteiger partial charge in [-0.2, -0.15) is 0 Å². The fourth-order valence-electron chi connectivity index (χ4n) is 4.56. The molecule has 25 heavy (non-hydrogen) atoms. The minimum atomic E-state index is -0.600. The van der Waals surface area contributed by atoms with Gasteiger partial charge in [-0.05, 0) is 18.6 Å². The molecule has 0 radical (unpaired) electrons. The minimum absolute atomic E-state index is 0.0234. The summed E-state index contributed by atoms with van der Waals surface area (Å²) in [5.74, 6) is 0.0684. The Morgan fingerprint density at radius 3 is 3.12 bits per heavy atom. The van der Waals surface area contributed by atoms with Crippen molar-refractivity contribution in [2.75, 3.05) is 19.7 Å². The molecule has 4 heterocycles. The van der Waals surface area contributed by atoms with Gasteiger partial charge < -0.3 is 19.1 Å². The van der Waals surface area contributed by atoms with E-state index >= 15 is 0 Å². The van der Waals surface area contributed by atoms with Gasteiger partial charge in [0.2, 0.25) is 11.8 Å². The average molecular weight is 341 g/mol. The van der Waals surface area contributed by atoms with E-state index in [1.807, 2.05) is 34.1 Å². The molecule has 2 amide bonds. The molecule has 7 heteroatoms. The van der Waals surface area contributed by atoms with E-state index in [2.05, 4.69) is 5.16 Å². The predicted octanol–water partition coefficient (Wildman–Crippen LogP) is 1.32. The van der Waals surface area contributed by atoms with Crippen LogP contribution in [0.3, 0.4) is 0 Å². The first-order chi connectivity index (χ1) is 12.2. The van der Waals surface area contributed by atoms with Crippen LogP contribution in [0.5, 0.6) is 0 Å². The zero-order valence-corrected chi connectivity index (χ0v) is 13.8. The Kier molecular flexibility index (Phi) is 3.15. The molecule has 3 aliphatic rings. The molecule has 3 fully saturated rings. The number of ether oxygens (including phenoxy) is 1. The third-order valence-electron chi connectivity index (χ3n) is 5.70. The fourth-order valence-corrected chi connectivity index (χ4v) is 4.56. The summed E-state index contributed by atoms with van der Waals surface area (Å²) in [7, 11) is 0. The van der Waals surface area contributed by atoms with Gasteiger partial charge in [0.1, 0.15) is 5.69 Å². The Hall–Kier alpha value is -2.41. The number of fused-ring (bicyclic) bond motifs is 1. The summed E-state index contributed by atoms with van der Waals surface area (Å²) in [5, 5.41) is 4.92.